The molecule has 4 rings (SSSR count). The number of fused-ring (bicyclic) bond motifs is 1. The number of carbonyl (C=O) groups is 1. The largest absolute Gasteiger partial charge is 0.478 e. The minimum absolute atomic E-state index is 0.205. The van der Waals surface area contributed by atoms with Crippen molar-refractivity contribution in [1.82, 2.24) is 14.8 Å². The Morgan fingerprint density at radius 2 is 1.84 bits per heavy atom. The summed E-state index contributed by atoms with van der Waals surface area (Å²) in [6.07, 6.45) is 3.36. The Bertz CT molecular complexity index is 1070. The van der Waals surface area contributed by atoms with Gasteiger partial charge in [-0.3, -0.25) is 0 Å². The van der Waals surface area contributed by atoms with Crippen molar-refractivity contribution >= 4 is 16.9 Å². The van der Waals surface area contributed by atoms with Gasteiger partial charge in [0.2, 0.25) is 0 Å². The van der Waals surface area contributed by atoms with Crippen LogP contribution in [0.5, 0.6) is 0 Å². The second-order valence-corrected chi connectivity index (χ2v) is 5.78. The Kier molecular flexibility index (Phi) is 3.54. The van der Waals surface area contributed by atoms with E-state index in [2.05, 4.69) is 5.10 Å². The van der Waals surface area contributed by atoms with Gasteiger partial charge in [-0.25, -0.2) is 14.5 Å². The number of aryl methyl sites for hydroxylation is 1. The van der Waals surface area contributed by atoms with Gasteiger partial charge in [-0.1, -0.05) is 48.5 Å². The molecule has 2 aromatic carbocycles. The van der Waals surface area contributed by atoms with Gasteiger partial charge in [0.1, 0.15) is 5.69 Å². The molecule has 0 amide bonds. The van der Waals surface area contributed by atoms with Gasteiger partial charge in [0.05, 0.1) is 16.8 Å². The lowest BCUT2D eigenvalue weighted by Gasteiger charge is -2.16. The molecule has 4 aromatic rings. The number of nitrogens with zero attached hydrogens (tertiary/aromatic N) is 3. The van der Waals surface area contributed by atoms with E-state index in [1.807, 2.05) is 49.4 Å². The Labute approximate surface area is 144 Å². The van der Waals surface area contributed by atoms with E-state index in [4.69, 9.17) is 4.98 Å². The summed E-state index contributed by atoms with van der Waals surface area (Å²) in [5.74, 6) is -0.999. The predicted molar refractivity (Wildman–Crippen MR) is 96.0 cm³/mol. The molecule has 0 radical (unpaired) electrons. The Hall–Kier alpha value is -3.47. The van der Waals surface area contributed by atoms with E-state index in [1.165, 1.54) is 0 Å². The molecule has 0 saturated carbocycles. The number of benzene rings is 2. The maximum Gasteiger partial charge on any atom is 0.338 e. The maximum atomic E-state index is 12.2. The van der Waals surface area contributed by atoms with Crippen LogP contribution in [-0.2, 0) is 0 Å². The molecule has 0 aliphatic heterocycles. The number of rotatable bonds is 3. The standard InChI is InChI=1S/C20H15N3O2/c1-13-7-5-10-15-16(20(24)25)19(23-12-6-11-21-23)18(22-17(13)15)14-8-3-2-4-9-14/h2-12H,1H3,(H,24,25). The zero-order chi connectivity index (χ0) is 17.4. The molecule has 0 fully saturated rings. The van der Waals surface area contributed by atoms with Crippen LogP contribution in [0.15, 0.2) is 67.0 Å². The van der Waals surface area contributed by atoms with Gasteiger partial charge in [0.15, 0.2) is 0 Å². The smallest absolute Gasteiger partial charge is 0.338 e. The fraction of sp³-hybridized carbons (Fsp3) is 0.0500. The quantitative estimate of drug-likeness (QED) is 0.614. The van der Waals surface area contributed by atoms with Crippen LogP contribution < -0.4 is 0 Å². The summed E-state index contributed by atoms with van der Waals surface area (Å²) in [6.45, 7) is 1.93. The van der Waals surface area contributed by atoms with E-state index in [-0.39, 0.29) is 5.56 Å². The summed E-state index contributed by atoms with van der Waals surface area (Å²) >= 11 is 0. The van der Waals surface area contributed by atoms with E-state index < -0.39 is 5.97 Å². The van der Waals surface area contributed by atoms with Gasteiger partial charge in [-0.05, 0) is 18.6 Å². The number of para-hydroxylation sites is 1. The van der Waals surface area contributed by atoms with Crippen LogP contribution in [-0.4, -0.2) is 25.8 Å². The molecule has 25 heavy (non-hydrogen) atoms. The topological polar surface area (TPSA) is 68.0 Å². The lowest BCUT2D eigenvalue weighted by Crippen LogP contribution is -2.11. The molecule has 2 aromatic heterocycles. The van der Waals surface area contributed by atoms with E-state index in [0.717, 1.165) is 11.1 Å². The average Bonchev–Trinajstić information content (AvgIpc) is 3.15. The first-order valence-electron chi connectivity index (χ1n) is 7.89. The number of aromatic carboxylic acids is 1. The van der Waals surface area contributed by atoms with Crippen LogP contribution in [0.4, 0.5) is 0 Å². The molecule has 0 bridgehead atoms. The molecule has 0 spiro atoms. The molecule has 2 heterocycles. The van der Waals surface area contributed by atoms with Gasteiger partial charge in [0.25, 0.3) is 0 Å². The number of aromatic nitrogens is 3. The Balaban J connectivity index is 2.21. The number of carboxylic acid groups (broad SMARTS) is 1. The highest BCUT2D eigenvalue weighted by Gasteiger charge is 2.23. The molecule has 1 N–H and O–H groups in total. The van der Waals surface area contributed by atoms with Crippen molar-refractivity contribution in [2.24, 2.45) is 0 Å². The summed E-state index contributed by atoms with van der Waals surface area (Å²) in [7, 11) is 0. The summed E-state index contributed by atoms with van der Waals surface area (Å²) in [6, 6.07) is 16.9. The average molecular weight is 329 g/mol. The maximum absolute atomic E-state index is 12.2. The zero-order valence-electron chi connectivity index (χ0n) is 13.5. The van der Waals surface area contributed by atoms with E-state index in [0.29, 0.717) is 22.3 Å². The van der Waals surface area contributed by atoms with Crippen molar-refractivity contribution in [2.75, 3.05) is 0 Å². The Morgan fingerprint density at radius 1 is 1.04 bits per heavy atom. The summed E-state index contributed by atoms with van der Waals surface area (Å²) in [5.41, 5.74) is 3.75. The summed E-state index contributed by atoms with van der Waals surface area (Å²) < 4.78 is 1.57. The predicted octanol–water partition coefficient (Wildman–Crippen LogP) is 4.09. The third kappa shape index (κ3) is 2.46. The number of pyridine rings is 1. The number of hydrogen-bond donors (Lipinski definition) is 1. The molecule has 5 nitrogen and oxygen atoms in total. The highest BCUT2D eigenvalue weighted by molar-refractivity contribution is 6.08. The van der Waals surface area contributed by atoms with Crippen LogP contribution in [0.25, 0.3) is 27.8 Å². The van der Waals surface area contributed by atoms with Crippen LogP contribution >= 0.6 is 0 Å². The molecular formula is C20H15N3O2. The summed E-state index contributed by atoms with van der Waals surface area (Å²) in [5, 5.41) is 14.8. The molecule has 0 unspecified atom stereocenters. The second kappa shape index (κ2) is 5.87. The number of carboxylic acids is 1. The lowest BCUT2D eigenvalue weighted by molar-refractivity contribution is 0.0699. The first-order chi connectivity index (χ1) is 12.2. The normalized spacial score (nSPS) is 10.9. The molecule has 0 saturated heterocycles. The van der Waals surface area contributed by atoms with Crippen LogP contribution in [0.2, 0.25) is 0 Å². The summed E-state index contributed by atoms with van der Waals surface area (Å²) in [4.78, 5) is 17.0. The molecule has 0 aliphatic rings. The zero-order valence-corrected chi connectivity index (χ0v) is 13.5. The lowest BCUT2D eigenvalue weighted by atomic mass is 9.99. The molecule has 5 heteroatoms. The SMILES string of the molecule is Cc1cccc2c(C(=O)O)c(-n3cccn3)c(-c3ccccc3)nc12. The fourth-order valence-electron chi connectivity index (χ4n) is 3.06. The van der Waals surface area contributed by atoms with Gasteiger partial charge in [-0.2, -0.15) is 5.10 Å². The second-order valence-electron chi connectivity index (χ2n) is 5.78. The minimum atomic E-state index is -0.999. The van der Waals surface area contributed by atoms with E-state index >= 15 is 0 Å². The molecule has 0 atom stereocenters. The monoisotopic (exact) mass is 329 g/mol. The van der Waals surface area contributed by atoms with Gasteiger partial charge >= 0.3 is 5.97 Å². The van der Waals surface area contributed by atoms with Gasteiger partial charge in [-0.15, -0.1) is 0 Å². The minimum Gasteiger partial charge on any atom is -0.478 e. The van der Waals surface area contributed by atoms with Crippen LogP contribution in [0.1, 0.15) is 15.9 Å². The number of hydrogen-bond acceptors (Lipinski definition) is 3. The fourth-order valence-corrected chi connectivity index (χ4v) is 3.06. The first kappa shape index (κ1) is 15.1. The first-order valence-corrected chi connectivity index (χ1v) is 7.89. The highest BCUT2D eigenvalue weighted by Crippen LogP contribution is 2.33. The van der Waals surface area contributed by atoms with E-state index in [1.54, 1.807) is 29.2 Å². The van der Waals surface area contributed by atoms with Gasteiger partial charge in [0, 0.05) is 23.3 Å². The van der Waals surface area contributed by atoms with Crippen LogP contribution in [0.3, 0.4) is 0 Å². The van der Waals surface area contributed by atoms with Crippen molar-refractivity contribution in [3.63, 3.8) is 0 Å². The third-order valence-electron chi connectivity index (χ3n) is 4.19. The Morgan fingerprint density at radius 3 is 2.52 bits per heavy atom. The van der Waals surface area contributed by atoms with Crippen molar-refractivity contribution in [1.29, 1.82) is 0 Å². The van der Waals surface area contributed by atoms with Gasteiger partial charge < -0.3 is 5.11 Å². The third-order valence-corrected chi connectivity index (χ3v) is 4.19. The molecule has 122 valence electrons. The molecular weight excluding hydrogens is 314 g/mol. The van der Waals surface area contributed by atoms with Crippen molar-refractivity contribution < 1.29 is 9.90 Å². The van der Waals surface area contributed by atoms with Crippen molar-refractivity contribution in [3.05, 3.63) is 78.1 Å². The van der Waals surface area contributed by atoms with Crippen LogP contribution in [0, 0.1) is 6.92 Å². The highest BCUT2D eigenvalue weighted by atomic mass is 16.4. The van der Waals surface area contributed by atoms with E-state index in [9.17, 15) is 9.90 Å². The molecule has 0 aliphatic carbocycles. The van der Waals surface area contributed by atoms with Crippen molar-refractivity contribution in [2.45, 2.75) is 6.92 Å². The van der Waals surface area contributed by atoms with Crippen molar-refractivity contribution in [3.8, 4) is 16.9 Å².